The van der Waals surface area contributed by atoms with Crippen LogP contribution in [0.15, 0.2) is 0 Å². The third-order valence-electron chi connectivity index (χ3n) is 2.23. The van der Waals surface area contributed by atoms with Crippen molar-refractivity contribution in [2.45, 2.75) is 12.8 Å². The lowest BCUT2D eigenvalue weighted by molar-refractivity contribution is 0.0139. The Hall–Kier alpha value is -1.58. The average molecular weight is 308 g/mol. The fraction of sp³-hybridized carbons (Fsp3) is 0.833. The Balaban J connectivity index is 2.99. The molecular formula is C12H24N2O7. The molecule has 9 nitrogen and oxygen atoms in total. The summed E-state index contributed by atoms with van der Waals surface area (Å²) in [5, 5.41) is 21.1. The van der Waals surface area contributed by atoms with E-state index in [2.05, 4.69) is 10.6 Å². The number of ether oxygens (including phenoxy) is 3. The first-order chi connectivity index (χ1) is 10.1. The maximum absolute atomic E-state index is 10.1. The van der Waals surface area contributed by atoms with Gasteiger partial charge >= 0.3 is 12.2 Å². The number of hydrogen-bond acceptors (Lipinski definition) is 5. The summed E-state index contributed by atoms with van der Waals surface area (Å²) in [7, 11) is 0. The summed E-state index contributed by atoms with van der Waals surface area (Å²) in [6.07, 6.45) is -0.811. The molecule has 0 aromatic heterocycles. The second kappa shape index (κ2) is 14.8. The highest BCUT2D eigenvalue weighted by molar-refractivity contribution is 5.64. The van der Waals surface area contributed by atoms with E-state index in [4.69, 9.17) is 24.4 Å². The van der Waals surface area contributed by atoms with E-state index in [1.165, 1.54) is 0 Å². The van der Waals surface area contributed by atoms with Crippen molar-refractivity contribution in [2.75, 3.05) is 52.7 Å². The fourth-order valence-electron chi connectivity index (χ4n) is 1.28. The van der Waals surface area contributed by atoms with Gasteiger partial charge in [-0.2, -0.15) is 0 Å². The van der Waals surface area contributed by atoms with Crippen molar-refractivity contribution < 1.29 is 34.0 Å². The molecule has 0 fully saturated rings. The van der Waals surface area contributed by atoms with E-state index in [9.17, 15) is 9.59 Å². The van der Waals surface area contributed by atoms with Gasteiger partial charge in [0, 0.05) is 26.3 Å². The second-order valence-corrected chi connectivity index (χ2v) is 4.01. The lowest BCUT2D eigenvalue weighted by atomic mass is 10.4. The van der Waals surface area contributed by atoms with E-state index in [-0.39, 0.29) is 0 Å². The van der Waals surface area contributed by atoms with Crippen LogP contribution in [0.5, 0.6) is 0 Å². The lowest BCUT2D eigenvalue weighted by Crippen LogP contribution is -2.23. The summed E-state index contributed by atoms with van der Waals surface area (Å²) in [5.74, 6) is 0. The molecule has 0 rings (SSSR count). The number of carboxylic acid groups (broad SMARTS) is 2. The zero-order chi connectivity index (χ0) is 15.8. The zero-order valence-corrected chi connectivity index (χ0v) is 12.0. The lowest BCUT2D eigenvalue weighted by Gasteiger charge is -2.07. The van der Waals surface area contributed by atoms with Crippen molar-refractivity contribution in [2.24, 2.45) is 0 Å². The molecule has 0 aromatic carbocycles. The highest BCUT2D eigenvalue weighted by atomic mass is 16.5. The Morgan fingerprint density at radius 3 is 1.33 bits per heavy atom. The zero-order valence-electron chi connectivity index (χ0n) is 12.0. The van der Waals surface area contributed by atoms with Gasteiger partial charge < -0.3 is 35.1 Å². The van der Waals surface area contributed by atoms with Crippen molar-refractivity contribution in [3.63, 3.8) is 0 Å². The largest absolute Gasteiger partial charge is 0.465 e. The molecule has 2 amide bonds. The predicted octanol–water partition coefficient (Wildman–Crippen LogP) is 0.352. The highest BCUT2D eigenvalue weighted by Crippen LogP contribution is 1.85. The van der Waals surface area contributed by atoms with E-state index in [1.54, 1.807) is 0 Å². The van der Waals surface area contributed by atoms with Crippen molar-refractivity contribution in [3.8, 4) is 0 Å². The number of nitrogens with one attached hydrogen (secondary N) is 2. The molecule has 0 radical (unpaired) electrons. The monoisotopic (exact) mass is 308 g/mol. The van der Waals surface area contributed by atoms with Gasteiger partial charge in [-0.15, -0.1) is 0 Å². The van der Waals surface area contributed by atoms with Crippen molar-refractivity contribution in [1.82, 2.24) is 10.6 Å². The first-order valence-corrected chi connectivity index (χ1v) is 6.79. The van der Waals surface area contributed by atoms with Gasteiger partial charge in [-0.3, -0.25) is 0 Å². The SMILES string of the molecule is O=C(O)NCCCOCCOCCOCCCNC(=O)O. The molecule has 4 N–H and O–H groups in total. The van der Waals surface area contributed by atoms with Crippen LogP contribution >= 0.6 is 0 Å². The molecule has 0 aliphatic rings. The summed E-state index contributed by atoms with van der Waals surface area (Å²) >= 11 is 0. The third-order valence-corrected chi connectivity index (χ3v) is 2.23. The molecule has 0 atom stereocenters. The number of carbonyl (C=O) groups is 2. The van der Waals surface area contributed by atoms with Gasteiger partial charge in [-0.25, -0.2) is 9.59 Å². The minimum absolute atomic E-state index is 0.376. The van der Waals surface area contributed by atoms with E-state index in [0.29, 0.717) is 65.6 Å². The minimum atomic E-state index is -1.03. The normalized spacial score (nSPS) is 10.3. The Morgan fingerprint density at radius 1 is 0.667 bits per heavy atom. The number of amides is 2. The Bertz CT molecular complexity index is 250. The summed E-state index contributed by atoms with van der Waals surface area (Å²) in [4.78, 5) is 20.3. The van der Waals surface area contributed by atoms with Crippen LogP contribution in [0.3, 0.4) is 0 Å². The van der Waals surface area contributed by atoms with Gasteiger partial charge in [0.05, 0.1) is 26.4 Å². The van der Waals surface area contributed by atoms with Crippen LogP contribution in [0.1, 0.15) is 12.8 Å². The van der Waals surface area contributed by atoms with E-state index in [0.717, 1.165) is 0 Å². The molecule has 0 aliphatic carbocycles. The van der Waals surface area contributed by atoms with Crippen molar-refractivity contribution >= 4 is 12.2 Å². The number of rotatable bonds is 14. The van der Waals surface area contributed by atoms with Gasteiger partial charge in [0.2, 0.25) is 0 Å². The molecule has 124 valence electrons. The summed E-state index contributed by atoms with van der Waals surface area (Å²) in [6, 6.07) is 0. The fourth-order valence-corrected chi connectivity index (χ4v) is 1.28. The third kappa shape index (κ3) is 18.4. The molecule has 0 heterocycles. The summed E-state index contributed by atoms with van der Waals surface area (Å²) < 4.78 is 15.7. The standard InChI is InChI=1S/C12H24N2O7/c15-11(16)13-3-1-5-19-7-9-21-10-8-20-6-2-4-14-12(17)18/h13-14H,1-10H2,(H,15,16)(H,17,18). The molecule has 0 aromatic rings. The van der Waals surface area contributed by atoms with Gasteiger partial charge in [0.1, 0.15) is 0 Å². The number of hydrogen-bond donors (Lipinski definition) is 4. The quantitative estimate of drug-likeness (QED) is 0.341. The van der Waals surface area contributed by atoms with Gasteiger partial charge in [0.25, 0.3) is 0 Å². The molecule has 0 saturated carbocycles. The van der Waals surface area contributed by atoms with E-state index < -0.39 is 12.2 Å². The first kappa shape index (κ1) is 19.4. The predicted molar refractivity (Wildman–Crippen MR) is 73.7 cm³/mol. The van der Waals surface area contributed by atoms with Crippen LogP contribution in [-0.2, 0) is 14.2 Å². The average Bonchev–Trinajstić information content (AvgIpc) is 2.42. The van der Waals surface area contributed by atoms with Crippen LogP contribution < -0.4 is 10.6 Å². The first-order valence-electron chi connectivity index (χ1n) is 6.79. The second-order valence-electron chi connectivity index (χ2n) is 4.01. The Labute approximate surface area is 123 Å². The van der Waals surface area contributed by atoms with Gasteiger partial charge in [-0.05, 0) is 12.8 Å². The van der Waals surface area contributed by atoms with Crippen LogP contribution in [0.4, 0.5) is 9.59 Å². The minimum Gasteiger partial charge on any atom is -0.465 e. The Kier molecular flexibility index (Phi) is 13.7. The summed E-state index contributed by atoms with van der Waals surface area (Å²) in [5.41, 5.74) is 0. The van der Waals surface area contributed by atoms with Crippen LogP contribution in [0.25, 0.3) is 0 Å². The van der Waals surface area contributed by atoms with Gasteiger partial charge in [0.15, 0.2) is 0 Å². The molecule has 0 unspecified atom stereocenters. The maximum atomic E-state index is 10.1. The Morgan fingerprint density at radius 2 is 1.00 bits per heavy atom. The smallest absolute Gasteiger partial charge is 0.404 e. The van der Waals surface area contributed by atoms with Crippen LogP contribution in [0, 0.1) is 0 Å². The van der Waals surface area contributed by atoms with Crippen LogP contribution in [-0.4, -0.2) is 75.1 Å². The topological polar surface area (TPSA) is 126 Å². The van der Waals surface area contributed by atoms with E-state index >= 15 is 0 Å². The summed E-state index contributed by atoms with van der Waals surface area (Å²) in [6.45, 7) is 3.53. The molecule has 0 spiro atoms. The van der Waals surface area contributed by atoms with Crippen molar-refractivity contribution in [1.29, 1.82) is 0 Å². The molecule has 9 heteroatoms. The van der Waals surface area contributed by atoms with Gasteiger partial charge in [-0.1, -0.05) is 0 Å². The molecule has 0 saturated heterocycles. The maximum Gasteiger partial charge on any atom is 0.404 e. The highest BCUT2D eigenvalue weighted by Gasteiger charge is 1.95. The molecule has 0 bridgehead atoms. The molecular weight excluding hydrogens is 284 g/mol. The molecule has 0 aliphatic heterocycles. The van der Waals surface area contributed by atoms with Crippen LogP contribution in [0.2, 0.25) is 0 Å². The van der Waals surface area contributed by atoms with Crippen molar-refractivity contribution in [3.05, 3.63) is 0 Å². The van der Waals surface area contributed by atoms with E-state index in [1.807, 2.05) is 0 Å². The molecule has 21 heavy (non-hydrogen) atoms.